The van der Waals surface area contributed by atoms with Crippen molar-refractivity contribution in [2.75, 3.05) is 0 Å². The van der Waals surface area contributed by atoms with Crippen molar-refractivity contribution in [3.8, 4) is 0 Å². The monoisotopic (exact) mass is 211 g/mol. The topological polar surface area (TPSA) is 70.2 Å². The number of aromatic nitrogens is 1. The Bertz CT molecular complexity index is 277. The summed E-state index contributed by atoms with van der Waals surface area (Å²) in [7, 11) is -4.02. The smallest absolute Gasteiger partial charge is 0.310 e. The number of hydrogen-bond acceptors (Lipinski definition) is 2. The molecule has 0 aliphatic rings. The van der Waals surface area contributed by atoms with Crippen molar-refractivity contribution in [1.29, 1.82) is 0 Å². The fraction of sp³-hybridized carbons (Fsp3) is 0. The van der Waals surface area contributed by atoms with Crippen molar-refractivity contribution in [2.45, 2.75) is 5.03 Å². The number of nitrogens with one attached hydrogen (secondary N) is 1. The molecule has 0 fully saturated rings. The van der Waals surface area contributed by atoms with Crippen LogP contribution < -0.4 is 0 Å². The second kappa shape index (κ2) is 3.28. The third-order valence-electron chi connectivity index (χ3n) is 0.847. The SMILES string of the molecule is O=S(=O)(O)c1ccc[nH]1.[Zn]. The average Bonchev–Trinajstić information content (AvgIpc) is 2.08. The maximum absolute atomic E-state index is 10.2. The Morgan fingerprint density at radius 3 is 2.30 bits per heavy atom. The van der Waals surface area contributed by atoms with E-state index in [1.54, 1.807) is 0 Å². The van der Waals surface area contributed by atoms with Gasteiger partial charge in [-0.05, 0) is 12.1 Å². The quantitative estimate of drug-likeness (QED) is 0.518. The summed E-state index contributed by atoms with van der Waals surface area (Å²) in [5.74, 6) is 0. The summed E-state index contributed by atoms with van der Waals surface area (Å²) in [6.07, 6.45) is 1.42. The number of rotatable bonds is 1. The van der Waals surface area contributed by atoms with E-state index in [9.17, 15) is 8.42 Å². The summed E-state index contributed by atoms with van der Waals surface area (Å²) in [5.41, 5.74) is 0. The summed E-state index contributed by atoms with van der Waals surface area (Å²) in [4.78, 5) is 2.34. The number of aromatic amines is 1. The molecular formula is C4H5NO3SZn. The molecule has 0 aromatic carbocycles. The fourth-order valence-electron chi connectivity index (χ4n) is 0.474. The van der Waals surface area contributed by atoms with Crippen LogP contribution in [-0.4, -0.2) is 18.0 Å². The van der Waals surface area contributed by atoms with Crippen molar-refractivity contribution in [2.24, 2.45) is 0 Å². The van der Waals surface area contributed by atoms with Gasteiger partial charge in [-0.25, -0.2) is 0 Å². The van der Waals surface area contributed by atoms with E-state index in [0.29, 0.717) is 0 Å². The largest absolute Gasteiger partial charge is 0.350 e. The Morgan fingerprint density at radius 2 is 2.10 bits per heavy atom. The Kier molecular flexibility index (Phi) is 3.22. The first kappa shape index (κ1) is 9.81. The van der Waals surface area contributed by atoms with Gasteiger partial charge in [0.2, 0.25) is 0 Å². The molecule has 0 unspecified atom stereocenters. The maximum Gasteiger partial charge on any atom is 0.310 e. The zero-order chi connectivity index (χ0) is 6.91. The molecule has 6 heteroatoms. The predicted octanol–water partition coefficient (Wildman–Crippen LogP) is 0.259. The van der Waals surface area contributed by atoms with Gasteiger partial charge in [0.15, 0.2) is 5.03 Å². The zero-order valence-electron chi connectivity index (χ0n) is 5.11. The Hall–Kier alpha value is -0.187. The Morgan fingerprint density at radius 1 is 1.50 bits per heavy atom. The predicted molar refractivity (Wildman–Crippen MR) is 30.6 cm³/mol. The second-order valence-corrected chi connectivity index (χ2v) is 2.90. The molecule has 0 saturated carbocycles. The van der Waals surface area contributed by atoms with Gasteiger partial charge >= 0.3 is 10.1 Å². The van der Waals surface area contributed by atoms with Gasteiger partial charge in [-0.15, -0.1) is 0 Å². The van der Waals surface area contributed by atoms with Crippen molar-refractivity contribution in [3.63, 3.8) is 0 Å². The minimum Gasteiger partial charge on any atom is -0.350 e. The first-order valence-corrected chi connectivity index (χ1v) is 3.65. The molecule has 0 aliphatic heterocycles. The molecule has 0 atom stereocenters. The Labute approximate surface area is 71.2 Å². The van der Waals surface area contributed by atoms with E-state index in [-0.39, 0.29) is 24.5 Å². The van der Waals surface area contributed by atoms with E-state index in [0.717, 1.165) is 0 Å². The normalized spacial score (nSPS) is 10.5. The van der Waals surface area contributed by atoms with Crippen LogP contribution in [0.5, 0.6) is 0 Å². The van der Waals surface area contributed by atoms with Crippen LogP contribution in [-0.2, 0) is 29.6 Å². The van der Waals surface area contributed by atoms with Crippen molar-refractivity contribution in [3.05, 3.63) is 18.3 Å². The summed E-state index contributed by atoms with van der Waals surface area (Å²) in [6.45, 7) is 0. The van der Waals surface area contributed by atoms with Gasteiger partial charge in [0, 0.05) is 25.7 Å². The van der Waals surface area contributed by atoms with Crippen LogP contribution >= 0.6 is 0 Å². The molecule has 1 rings (SSSR count). The van der Waals surface area contributed by atoms with Gasteiger partial charge in [0.25, 0.3) is 0 Å². The Balaban J connectivity index is 0.000000810. The molecule has 1 aromatic heterocycles. The van der Waals surface area contributed by atoms with E-state index >= 15 is 0 Å². The van der Waals surface area contributed by atoms with E-state index in [1.807, 2.05) is 0 Å². The number of hydrogen-bond donors (Lipinski definition) is 2. The minimum absolute atomic E-state index is 0. The summed E-state index contributed by atoms with van der Waals surface area (Å²) in [6, 6.07) is 2.76. The molecule has 0 amide bonds. The van der Waals surface area contributed by atoms with Gasteiger partial charge in [-0.2, -0.15) is 8.42 Å². The molecule has 1 heterocycles. The van der Waals surface area contributed by atoms with Crippen molar-refractivity contribution in [1.82, 2.24) is 4.98 Å². The van der Waals surface area contributed by atoms with Crippen molar-refractivity contribution < 1.29 is 32.4 Å². The number of H-pyrrole nitrogens is 1. The standard InChI is InChI=1S/C4H5NO3S.Zn/c6-9(7,8)4-2-1-3-5-4;/h1-3,5H,(H,6,7,8);. The van der Waals surface area contributed by atoms with E-state index in [2.05, 4.69) is 4.98 Å². The van der Waals surface area contributed by atoms with Gasteiger partial charge in [-0.3, -0.25) is 4.55 Å². The molecule has 0 radical (unpaired) electrons. The molecule has 52 valence electrons. The van der Waals surface area contributed by atoms with Gasteiger partial charge < -0.3 is 4.98 Å². The van der Waals surface area contributed by atoms with Crippen molar-refractivity contribution >= 4 is 10.1 Å². The van der Waals surface area contributed by atoms with Gasteiger partial charge in [-0.1, -0.05) is 0 Å². The zero-order valence-corrected chi connectivity index (χ0v) is 8.89. The third-order valence-corrected chi connectivity index (χ3v) is 1.66. The minimum atomic E-state index is -4.02. The van der Waals surface area contributed by atoms with Crippen LogP contribution in [0, 0.1) is 0 Å². The summed E-state index contributed by atoms with van der Waals surface area (Å²) < 4.78 is 28.8. The molecule has 10 heavy (non-hydrogen) atoms. The maximum atomic E-state index is 10.2. The average molecular weight is 213 g/mol. The molecule has 4 nitrogen and oxygen atoms in total. The van der Waals surface area contributed by atoms with Crippen LogP contribution in [0.2, 0.25) is 0 Å². The van der Waals surface area contributed by atoms with Gasteiger partial charge in [0.05, 0.1) is 0 Å². The second-order valence-electron chi connectivity index (χ2n) is 1.51. The van der Waals surface area contributed by atoms with Crippen LogP contribution in [0.1, 0.15) is 0 Å². The molecule has 2 N–H and O–H groups in total. The van der Waals surface area contributed by atoms with Crippen LogP contribution in [0.3, 0.4) is 0 Å². The van der Waals surface area contributed by atoms with Crippen LogP contribution in [0.4, 0.5) is 0 Å². The molecule has 1 aromatic rings. The first-order valence-electron chi connectivity index (χ1n) is 2.21. The third kappa shape index (κ3) is 2.21. The summed E-state index contributed by atoms with van der Waals surface area (Å²) >= 11 is 0. The molecule has 0 aliphatic carbocycles. The fourth-order valence-corrected chi connectivity index (χ4v) is 0.942. The van der Waals surface area contributed by atoms with E-state index < -0.39 is 10.1 Å². The van der Waals surface area contributed by atoms with Crippen LogP contribution in [0.15, 0.2) is 23.4 Å². The molecule has 0 bridgehead atoms. The van der Waals surface area contributed by atoms with Gasteiger partial charge in [0.1, 0.15) is 0 Å². The summed E-state index contributed by atoms with van der Waals surface area (Å²) in [5, 5.41) is -0.178. The molecule has 0 saturated heterocycles. The van der Waals surface area contributed by atoms with Crippen LogP contribution in [0.25, 0.3) is 0 Å². The first-order chi connectivity index (χ1) is 4.11. The molecular weight excluding hydrogens is 208 g/mol. The van der Waals surface area contributed by atoms with E-state index in [1.165, 1.54) is 18.3 Å². The molecule has 0 spiro atoms. The van der Waals surface area contributed by atoms with E-state index in [4.69, 9.17) is 4.55 Å².